The number of amides is 1. The van der Waals surface area contributed by atoms with E-state index in [9.17, 15) is 4.79 Å². The Morgan fingerprint density at radius 1 is 1.48 bits per heavy atom. The van der Waals surface area contributed by atoms with Crippen molar-refractivity contribution in [2.75, 3.05) is 25.5 Å². The summed E-state index contributed by atoms with van der Waals surface area (Å²) in [6, 6.07) is 3.32. The highest BCUT2D eigenvalue weighted by molar-refractivity contribution is 7.80. The molecule has 4 N–H and O–H groups in total. The lowest BCUT2D eigenvalue weighted by Gasteiger charge is -2.26. The van der Waals surface area contributed by atoms with E-state index in [4.69, 9.17) is 22.9 Å². The summed E-state index contributed by atoms with van der Waals surface area (Å²) in [6.07, 6.45) is 3.78. The summed E-state index contributed by atoms with van der Waals surface area (Å²) >= 11 is 12.4. The van der Waals surface area contributed by atoms with E-state index in [0.717, 1.165) is 23.1 Å². The number of carbonyl (C=O) groups is 1. The SMILES string of the molecule is CN(CCN)C(=O)C1CCc2c(sc3ncnc(Nc4cc(S)c(N=N)cc4Cl)c23)C1. The first-order chi connectivity index (χ1) is 14.9. The van der Waals surface area contributed by atoms with Crippen LogP contribution >= 0.6 is 35.6 Å². The van der Waals surface area contributed by atoms with E-state index >= 15 is 0 Å². The number of aryl methyl sites for hydroxylation is 1. The number of nitrogens with one attached hydrogen (secondary N) is 2. The second-order valence-electron chi connectivity index (χ2n) is 7.45. The van der Waals surface area contributed by atoms with Gasteiger partial charge in [0.1, 0.15) is 17.0 Å². The third-order valence-corrected chi connectivity index (χ3v) is 7.31. The van der Waals surface area contributed by atoms with Crippen molar-refractivity contribution in [1.82, 2.24) is 14.9 Å². The van der Waals surface area contributed by atoms with Crippen LogP contribution in [0.4, 0.5) is 17.2 Å². The summed E-state index contributed by atoms with van der Waals surface area (Å²) in [6.45, 7) is 1.02. The van der Waals surface area contributed by atoms with Crippen molar-refractivity contribution >= 4 is 68.9 Å². The number of thiophene rings is 1. The van der Waals surface area contributed by atoms with Crippen LogP contribution in [0.3, 0.4) is 0 Å². The lowest BCUT2D eigenvalue weighted by Crippen LogP contribution is -2.38. The number of aromatic nitrogens is 2. The van der Waals surface area contributed by atoms with Gasteiger partial charge in [0.25, 0.3) is 0 Å². The summed E-state index contributed by atoms with van der Waals surface area (Å²) in [5.41, 5.74) is 15.0. The number of benzene rings is 1. The molecular weight excluding hydrogens is 454 g/mol. The fraction of sp³-hybridized carbons (Fsp3) is 0.350. The topological polar surface area (TPSA) is 120 Å². The summed E-state index contributed by atoms with van der Waals surface area (Å²) in [7, 11) is 1.81. The summed E-state index contributed by atoms with van der Waals surface area (Å²) in [4.78, 5) is 26.0. The van der Waals surface area contributed by atoms with Gasteiger partial charge in [-0.3, -0.25) is 4.79 Å². The van der Waals surface area contributed by atoms with Crippen LogP contribution in [-0.4, -0.2) is 40.9 Å². The van der Waals surface area contributed by atoms with E-state index in [0.29, 0.717) is 46.6 Å². The van der Waals surface area contributed by atoms with Gasteiger partial charge in [-0.2, -0.15) is 5.11 Å². The number of anilines is 2. The zero-order valence-electron chi connectivity index (χ0n) is 16.9. The highest BCUT2D eigenvalue weighted by Crippen LogP contribution is 2.42. The summed E-state index contributed by atoms with van der Waals surface area (Å²) in [5.74, 6) is 0.771. The predicted octanol–water partition coefficient (Wildman–Crippen LogP) is 4.56. The summed E-state index contributed by atoms with van der Waals surface area (Å²) in [5, 5.41) is 8.11. The summed E-state index contributed by atoms with van der Waals surface area (Å²) < 4.78 is 0. The molecule has 0 bridgehead atoms. The van der Waals surface area contributed by atoms with Crippen molar-refractivity contribution < 1.29 is 4.79 Å². The highest BCUT2D eigenvalue weighted by Gasteiger charge is 2.30. The fourth-order valence-electron chi connectivity index (χ4n) is 3.90. The lowest BCUT2D eigenvalue weighted by atomic mass is 9.87. The van der Waals surface area contributed by atoms with E-state index in [1.807, 2.05) is 7.05 Å². The van der Waals surface area contributed by atoms with Crippen molar-refractivity contribution in [2.24, 2.45) is 16.8 Å². The number of rotatable bonds is 6. The molecule has 11 heteroatoms. The second-order valence-corrected chi connectivity index (χ2v) is 9.42. The molecule has 0 aliphatic heterocycles. The molecule has 3 aromatic rings. The number of carbonyl (C=O) groups excluding carboxylic acids is 1. The Hall–Kier alpha value is -2.27. The Balaban J connectivity index is 1.66. The van der Waals surface area contributed by atoms with Crippen LogP contribution in [0.15, 0.2) is 28.5 Å². The molecule has 4 rings (SSSR count). The third-order valence-electron chi connectivity index (χ3n) is 5.47. The van der Waals surface area contributed by atoms with Crippen LogP contribution < -0.4 is 11.1 Å². The number of hydrogen-bond donors (Lipinski definition) is 4. The number of fused-ring (bicyclic) bond motifs is 3. The molecule has 162 valence electrons. The van der Waals surface area contributed by atoms with Crippen LogP contribution in [0.25, 0.3) is 10.2 Å². The monoisotopic (exact) mass is 475 g/mol. The Morgan fingerprint density at radius 2 is 2.29 bits per heavy atom. The molecule has 31 heavy (non-hydrogen) atoms. The zero-order valence-corrected chi connectivity index (χ0v) is 19.3. The smallest absolute Gasteiger partial charge is 0.225 e. The van der Waals surface area contributed by atoms with Crippen molar-refractivity contribution in [2.45, 2.75) is 24.2 Å². The molecule has 1 atom stereocenters. The minimum absolute atomic E-state index is 0.0381. The van der Waals surface area contributed by atoms with Crippen molar-refractivity contribution in [3.05, 3.63) is 33.9 Å². The maximum Gasteiger partial charge on any atom is 0.225 e. The van der Waals surface area contributed by atoms with E-state index in [2.05, 4.69) is 33.0 Å². The van der Waals surface area contributed by atoms with Crippen LogP contribution in [0.5, 0.6) is 0 Å². The normalized spacial score (nSPS) is 15.5. The van der Waals surface area contributed by atoms with Gasteiger partial charge in [-0.05, 0) is 37.0 Å². The van der Waals surface area contributed by atoms with Gasteiger partial charge in [0, 0.05) is 35.8 Å². The molecule has 1 aliphatic carbocycles. The van der Waals surface area contributed by atoms with Crippen LogP contribution in [0, 0.1) is 11.4 Å². The van der Waals surface area contributed by atoms with Gasteiger partial charge < -0.3 is 16.0 Å². The average Bonchev–Trinajstić information content (AvgIpc) is 3.14. The van der Waals surface area contributed by atoms with Gasteiger partial charge in [-0.1, -0.05) is 11.6 Å². The number of nitrogens with two attached hydrogens (primary N) is 1. The highest BCUT2D eigenvalue weighted by atomic mass is 35.5. The fourth-order valence-corrected chi connectivity index (χ4v) is 5.61. The predicted molar refractivity (Wildman–Crippen MR) is 126 cm³/mol. The third kappa shape index (κ3) is 4.25. The molecule has 2 heterocycles. The van der Waals surface area contributed by atoms with Gasteiger partial charge in [0.15, 0.2) is 0 Å². The standard InChI is InChI=1S/C20H22ClN7OS2/c1-28(5-4-22)20(29)10-2-3-11-16(6-10)31-19-17(11)18(24-9-25-19)26-13-8-15(30)14(27-23)7-12(13)21/h7-10,23,30H,2-6,22H2,1H3,(H,24,25,26). The molecule has 0 spiro atoms. The number of thiol groups is 1. The Kier molecular flexibility index (Phi) is 6.42. The maximum absolute atomic E-state index is 12.7. The van der Waals surface area contributed by atoms with E-state index in [1.54, 1.807) is 28.4 Å². The molecule has 8 nitrogen and oxygen atoms in total. The minimum atomic E-state index is -0.0381. The molecule has 1 aromatic carbocycles. The molecule has 0 fully saturated rings. The number of hydrogen-bond acceptors (Lipinski definition) is 9. The number of nitrogens with zero attached hydrogens (tertiary/aromatic N) is 4. The second kappa shape index (κ2) is 9.07. The first-order valence-corrected chi connectivity index (χ1v) is 11.4. The first kappa shape index (κ1) is 21.9. The zero-order chi connectivity index (χ0) is 22.1. The molecular formula is C20H22ClN7OS2. The van der Waals surface area contributed by atoms with Crippen molar-refractivity contribution in [3.63, 3.8) is 0 Å². The van der Waals surface area contributed by atoms with Gasteiger partial charge >= 0.3 is 0 Å². The quantitative estimate of drug-likeness (QED) is 0.307. The minimum Gasteiger partial charge on any atom is -0.344 e. The Labute approximate surface area is 194 Å². The van der Waals surface area contributed by atoms with Gasteiger partial charge in [-0.15, -0.1) is 24.0 Å². The van der Waals surface area contributed by atoms with Crippen LogP contribution in [-0.2, 0) is 17.6 Å². The Morgan fingerprint density at radius 3 is 3.03 bits per heavy atom. The van der Waals surface area contributed by atoms with Gasteiger partial charge in [-0.25, -0.2) is 15.5 Å². The first-order valence-electron chi connectivity index (χ1n) is 9.80. The molecule has 1 amide bonds. The largest absolute Gasteiger partial charge is 0.344 e. The Bertz CT molecular complexity index is 1170. The molecule has 0 saturated carbocycles. The average molecular weight is 476 g/mol. The molecule has 1 unspecified atom stereocenters. The van der Waals surface area contributed by atoms with Gasteiger partial charge in [0.2, 0.25) is 5.91 Å². The van der Waals surface area contributed by atoms with E-state index in [-0.39, 0.29) is 11.8 Å². The molecule has 0 saturated heterocycles. The lowest BCUT2D eigenvalue weighted by molar-refractivity contribution is -0.134. The molecule has 0 radical (unpaired) electrons. The van der Waals surface area contributed by atoms with Gasteiger partial charge in [0.05, 0.1) is 21.8 Å². The maximum atomic E-state index is 12.7. The number of likely N-dealkylation sites (N-methyl/N-ethyl adjacent to an activating group) is 1. The van der Waals surface area contributed by atoms with Crippen molar-refractivity contribution in [1.29, 1.82) is 5.53 Å². The molecule has 2 aromatic heterocycles. The van der Waals surface area contributed by atoms with Crippen molar-refractivity contribution in [3.8, 4) is 0 Å². The van der Waals surface area contributed by atoms with Crippen LogP contribution in [0.2, 0.25) is 5.02 Å². The van der Waals surface area contributed by atoms with E-state index in [1.165, 1.54) is 16.8 Å². The number of halogens is 1. The molecule has 1 aliphatic rings. The van der Waals surface area contributed by atoms with Crippen LogP contribution in [0.1, 0.15) is 16.9 Å². The van der Waals surface area contributed by atoms with E-state index < -0.39 is 0 Å².